The van der Waals surface area contributed by atoms with Crippen molar-refractivity contribution in [2.75, 3.05) is 7.05 Å². The smallest absolute Gasteiger partial charge is 0.0158 e. The summed E-state index contributed by atoms with van der Waals surface area (Å²) in [5, 5.41) is 3.39. The van der Waals surface area contributed by atoms with Gasteiger partial charge in [-0.25, -0.2) is 0 Å². The van der Waals surface area contributed by atoms with Crippen LogP contribution < -0.4 is 5.32 Å². The first-order valence-corrected chi connectivity index (χ1v) is 4.18. The number of hydrogen-bond acceptors (Lipinski definition) is 1. The molecule has 1 heteroatoms. The van der Waals surface area contributed by atoms with E-state index in [2.05, 4.69) is 31.4 Å². The van der Waals surface area contributed by atoms with Crippen molar-refractivity contribution in [1.29, 1.82) is 0 Å². The van der Waals surface area contributed by atoms with Crippen LogP contribution in [0.25, 0.3) is 0 Å². The summed E-state index contributed by atoms with van der Waals surface area (Å²) in [6.07, 6.45) is 6.17. The Morgan fingerprint density at radius 2 is 2.00 bits per heavy atom. The Kier molecular flexibility index (Phi) is 1.34. The fourth-order valence-corrected chi connectivity index (χ4v) is 2.55. The Morgan fingerprint density at radius 3 is 2.40 bits per heavy atom. The van der Waals surface area contributed by atoms with Crippen LogP contribution in [-0.4, -0.2) is 13.1 Å². The van der Waals surface area contributed by atoms with E-state index in [4.69, 9.17) is 0 Å². The zero-order valence-corrected chi connectivity index (χ0v) is 6.67. The monoisotopic (exact) mass is 137 g/mol. The molecule has 0 aliphatic heterocycles. The van der Waals surface area contributed by atoms with Gasteiger partial charge in [0.25, 0.3) is 0 Å². The summed E-state index contributed by atoms with van der Waals surface area (Å²) in [6, 6.07) is 0.759. The molecule has 0 aromatic heterocycles. The van der Waals surface area contributed by atoms with E-state index < -0.39 is 0 Å². The summed E-state index contributed by atoms with van der Waals surface area (Å²) < 4.78 is 0. The molecule has 1 saturated carbocycles. The number of rotatable bonds is 1. The van der Waals surface area contributed by atoms with E-state index in [9.17, 15) is 0 Å². The third-order valence-corrected chi connectivity index (χ3v) is 3.19. The average Bonchev–Trinajstić information content (AvgIpc) is 2.46. The van der Waals surface area contributed by atoms with Crippen LogP contribution >= 0.6 is 0 Å². The molecule has 2 unspecified atom stereocenters. The lowest BCUT2D eigenvalue weighted by Crippen LogP contribution is -2.35. The van der Waals surface area contributed by atoms with Gasteiger partial charge in [-0.2, -0.15) is 0 Å². The first kappa shape index (κ1) is 6.41. The molecule has 0 amide bonds. The maximum Gasteiger partial charge on any atom is 0.0158 e. The van der Waals surface area contributed by atoms with Crippen LogP contribution in [-0.2, 0) is 0 Å². The van der Waals surface area contributed by atoms with Crippen LogP contribution in [0, 0.1) is 17.8 Å². The summed E-state index contributed by atoms with van der Waals surface area (Å²) in [6.45, 7) is 2.36. The van der Waals surface area contributed by atoms with Crippen molar-refractivity contribution in [1.82, 2.24) is 5.32 Å². The fraction of sp³-hybridized carbons (Fsp3) is 0.778. The summed E-state index contributed by atoms with van der Waals surface area (Å²) in [4.78, 5) is 0. The zero-order valence-electron chi connectivity index (χ0n) is 6.67. The first-order chi connectivity index (χ1) is 4.83. The van der Waals surface area contributed by atoms with Crippen molar-refractivity contribution in [3.8, 4) is 0 Å². The second-order valence-corrected chi connectivity index (χ2v) is 3.62. The Hall–Kier alpha value is -0.300. The van der Waals surface area contributed by atoms with Crippen LogP contribution in [0.15, 0.2) is 12.2 Å². The quantitative estimate of drug-likeness (QED) is 0.539. The van der Waals surface area contributed by atoms with E-state index >= 15 is 0 Å². The van der Waals surface area contributed by atoms with Gasteiger partial charge in [-0.1, -0.05) is 19.1 Å². The molecule has 2 bridgehead atoms. The fourth-order valence-electron chi connectivity index (χ4n) is 2.55. The van der Waals surface area contributed by atoms with Gasteiger partial charge in [-0.05, 0) is 31.2 Å². The Morgan fingerprint density at radius 1 is 1.30 bits per heavy atom. The van der Waals surface area contributed by atoms with Gasteiger partial charge in [0.15, 0.2) is 0 Å². The van der Waals surface area contributed by atoms with Crippen molar-refractivity contribution < 1.29 is 0 Å². The standard InChI is InChI=1S/C9H15N/c1-6-7-3-4-8(5-7)9(6)10-2/h3-4,6-10H,5H2,1-2H3/t6-,7?,8?,9+/m0/s1. The summed E-state index contributed by atoms with van der Waals surface area (Å²) in [7, 11) is 2.08. The second kappa shape index (κ2) is 2.09. The van der Waals surface area contributed by atoms with Gasteiger partial charge < -0.3 is 5.32 Å². The van der Waals surface area contributed by atoms with E-state index in [0.29, 0.717) is 0 Å². The molecule has 0 radical (unpaired) electrons. The average molecular weight is 137 g/mol. The lowest BCUT2D eigenvalue weighted by molar-refractivity contribution is 0.377. The molecule has 0 aromatic carbocycles. The largest absolute Gasteiger partial charge is 0.316 e. The normalized spacial score (nSPS) is 50.6. The molecule has 0 heterocycles. The van der Waals surface area contributed by atoms with Crippen molar-refractivity contribution in [3.05, 3.63) is 12.2 Å². The van der Waals surface area contributed by atoms with Crippen molar-refractivity contribution in [2.24, 2.45) is 17.8 Å². The van der Waals surface area contributed by atoms with Gasteiger partial charge in [0.1, 0.15) is 0 Å². The lowest BCUT2D eigenvalue weighted by atomic mass is 9.91. The van der Waals surface area contributed by atoms with Crippen LogP contribution in [0.4, 0.5) is 0 Å². The molecule has 0 saturated heterocycles. The van der Waals surface area contributed by atoms with E-state index in [-0.39, 0.29) is 0 Å². The zero-order chi connectivity index (χ0) is 7.14. The van der Waals surface area contributed by atoms with Crippen LogP contribution in [0.1, 0.15) is 13.3 Å². The van der Waals surface area contributed by atoms with Crippen molar-refractivity contribution in [3.63, 3.8) is 0 Å². The molecular weight excluding hydrogens is 122 g/mol. The molecule has 1 nitrogen and oxygen atoms in total. The maximum absolute atomic E-state index is 3.39. The van der Waals surface area contributed by atoms with E-state index in [1.54, 1.807) is 0 Å². The van der Waals surface area contributed by atoms with Crippen LogP contribution in [0.5, 0.6) is 0 Å². The molecule has 0 spiro atoms. The predicted octanol–water partition coefficient (Wildman–Crippen LogP) is 1.42. The molecule has 0 aromatic rings. The van der Waals surface area contributed by atoms with Gasteiger partial charge in [-0.3, -0.25) is 0 Å². The molecule has 2 aliphatic rings. The molecule has 10 heavy (non-hydrogen) atoms. The van der Waals surface area contributed by atoms with Crippen molar-refractivity contribution >= 4 is 0 Å². The Balaban J connectivity index is 2.18. The molecule has 4 atom stereocenters. The minimum Gasteiger partial charge on any atom is -0.316 e. The third-order valence-electron chi connectivity index (χ3n) is 3.19. The summed E-state index contributed by atoms with van der Waals surface area (Å²) >= 11 is 0. The number of allylic oxidation sites excluding steroid dienone is 1. The highest BCUT2D eigenvalue weighted by Crippen LogP contribution is 2.42. The molecular formula is C9H15N. The maximum atomic E-state index is 3.39. The number of nitrogens with one attached hydrogen (secondary N) is 1. The Bertz CT molecular complexity index is 162. The van der Waals surface area contributed by atoms with Gasteiger partial charge in [0.2, 0.25) is 0 Å². The van der Waals surface area contributed by atoms with Crippen LogP contribution in [0.2, 0.25) is 0 Å². The highest BCUT2D eigenvalue weighted by molar-refractivity contribution is 5.14. The molecule has 1 fully saturated rings. The summed E-state index contributed by atoms with van der Waals surface area (Å²) in [5.41, 5.74) is 0. The minimum atomic E-state index is 0.759. The van der Waals surface area contributed by atoms with E-state index in [0.717, 1.165) is 23.8 Å². The van der Waals surface area contributed by atoms with E-state index in [1.807, 2.05) is 0 Å². The highest BCUT2D eigenvalue weighted by atomic mass is 14.9. The van der Waals surface area contributed by atoms with Crippen LogP contribution in [0.3, 0.4) is 0 Å². The van der Waals surface area contributed by atoms with Gasteiger partial charge in [0.05, 0.1) is 0 Å². The van der Waals surface area contributed by atoms with Gasteiger partial charge >= 0.3 is 0 Å². The van der Waals surface area contributed by atoms with Gasteiger partial charge in [-0.15, -0.1) is 0 Å². The molecule has 1 N–H and O–H groups in total. The Labute approximate surface area is 62.5 Å². The van der Waals surface area contributed by atoms with E-state index in [1.165, 1.54) is 6.42 Å². The number of fused-ring (bicyclic) bond motifs is 2. The van der Waals surface area contributed by atoms with Gasteiger partial charge in [0, 0.05) is 6.04 Å². The molecule has 2 aliphatic carbocycles. The first-order valence-electron chi connectivity index (χ1n) is 4.18. The minimum absolute atomic E-state index is 0.759. The SMILES string of the molecule is CN[C@H]1C2C=CC(C2)[C@@H]1C. The molecule has 2 rings (SSSR count). The summed E-state index contributed by atoms with van der Waals surface area (Å²) in [5.74, 6) is 2.58. The third kappa shape index (κ3) is 0.671. The lowest BCUT2D eigenvalue weighted by Gasteiger charge is -2.23. The van der Waals surface area contributed by atoms with Crippen molar-refractivity contribution in [2.45, 2.75) is 19.4 Å². The highest BCUT2D eigenvalue weighted by Gasteiger charge is 2.40. The topological polar surface area (TPSA) is 12.0 Å². The predicted molar refractivity (Wildman–Crippen MR) is 42.7 cm³/mol. The second-order valence-electron chi connectivity index (χ2n) is 3.62. The number of hydrogen-bond donors (Lipinski definition) is 1. The molecule has 56 valence electrons.